The molecule has 0 fully saturated rings. The maximum Gasteiger partial charge on any atom is 0.190 e. The van der Waals surface area contributed by atoms with Crippen molar-refractivity contribution in [1.29, 1.82) is 0 Å². The fourth-order valence-electron chi connectivity index (χ4n) is 2.81. The molecule has 0 saturated heterocycles. The number of guanidine groups is 2. The summed E-state index contributed by atoms with van der Waals surface area (Å²) < 4.78 is 11.9. The molecule has 0 aliphatic carbocycles. The first kappa shape index (κ1) is 22.9. The van der Waals surface area contributed by atoms with Crippen LogP contribution in [0.4, 0.5) is 0 Å². The van der Waals surface area contributed by atoms with Crippen molar-refractivity contribution in [2.24, 2.45) is 9.98 Å². The number of benzene rings is 2. The van der Waals surface area contributed by atoms with Crippen molar-refractivity contribution < 1.29 is 9.47 Å². The van der Waals surface area contributed by atoms with Gasteiger partial charge in [0.05, 0.1) is 13.1 Å². The predicted molar refractivity (Wildman–Crippen MR) is 124 cm³/mol. The van der Waals surface area contributed by atoms with Crippen LogP contribution in [0.3, 0.4) is 0 Å². The Labute approximate surface area is 178 Å². The Kier molecular flexibility index (Phi) is 9.85. The van der Waals surface area contributed by atoms with Crippen LogP contribution in [0.25, 0.3) is 11.1 Å². The average molecular weight is 413 g/mol. The minimum atomic E-state index is 0.520. The van der Waals surface area contributed by atoms with Gasteiger partial charge in [-0.05, 0) is 23.8 Å². The molecule has 0 heterocycles. The Bertz CT molecular complexity index is 838. The molecule has 0 amide bonds. The molecule has 8 nitrogen and oxygen atoms in total. The first-order chi connectivity index (χ1) is 14.7. The molecule has 0 aliphatic heterocycles. The van der Waals surface area contributed by atoms with Crippen LogP contribution in [0.15, 0.2) is 58.5 Å². The molecule has 0 unspecified atom stereocenters. The molecule has 0 aliphatic rings. The summed E-state index contributed by atoms with van der Waals surface area (Å²) in [7, 11) is 7.12. The first-order valence-corrected chi connectivity index (χ1v) is 9.93. The van der Waals surface area contributed by atoms with E-state index in [2.05, 4.69) is 37.3 Å². The zero-order valence-corrected chi connectivity index (χ0v) is 18.2. The van der Waals surface area contributed by atoms with Crippen LogP contribution >= 0.6 is 0 Å². The second-order valence-corrected chi connectivity index (χ2v) is 6.22. The van der Waals surface area contributed by atoms with Gasteiger partial charge >= 0.3 is 0 Å². The predicted octanol–water partition coefficient (Wildman–Crippen LogP) is 1.70. The molecular formula is C22H32N6O2. The summed E-state index contributed by atoms with van der Waals surface area (Å²) in [6, 6.07) is 16.0. The summed E-state index contributed by atoms with van der Waals surface area (Å²) >= 11 is 0. The van der Waals surface area contributed by atoms with Crippen LogP contribution in [0, 0.1) is 0 Å². The lowest BCUT2D eigenvalue weighted by molar-refractivity contribution is 0.321. The largest absolute Gasteiger partial charge is 0.492 e. The zero-order valence-electron chi connectivity index (χ0n) is 18.2. The summed E-state index contributed by atoms with van der Waals surface area (Å²) in [5.74, 6) is 3.11. The van der Waals surface area contributed by atoms with Gasteiger partial charge < -0.3 is 30.7 Å². The van der Waals surface area contributed by atoms with Gasteiger partial charge in [-0.3, -0.25) is 9.98 Å². The molecule has 0 saturated carbocycles. The highest BCUT2D eigenvalue weighted by atomic mass is 16.5. The fourth-order valence-corrected chi connectivity index (χ4v) is 2.81. The van der Waals surface area contributed by atoms with Gasteiger partial charge in [0.15, 0.2) is 11.9 Å². The van der Waals surface area contributed by atoms with E-state index in [0.29, 0.717) is 26.3 Å². The molecule has 0 bridgehead atoms. The molecule has 4 N–H and O–H groups in total. The Morgan fingerprint density at radius 2 is 1.43 bits per heavy atom. The number of hydrogen-bond acceptors (Lipinski definition) is 4. The third-order valence-corrected chi connectivity index (χ3v) is 4.27. The highest BCUT2D eigenvalue weighted by Gasteiger charge is 2.07. The number of nitrogens with one attached hydrogen (secondary N) is 4. The van der Waals surface area contributed by atoms with Crippen molar-refractivity contribution >= 4 is 11.9 Å². The number of aliphatic imine (C=N–C) groups is 2. The van der Waals surface area contributed by atoms with Gasteiger partial charge in [0.2, 0.25) is 0 Å². The topological polar surface area (TPSA) is 91.3 Å². The summed E-state index contributed by atoms with van der Waals surface area (Å²) in [5.41, 5.74) is 2.07. The van der Waals surface area contributed by atoms with Gasteiger partial charge in [0, 0.05) is 33.8 Å². The maximum atomic E-state index is 6.00. The lowest BCUT2D eigenvalue weighted by atomic mass is 10.0. The summed E-state index contributed by atoms with van der Waals surface area (Å²) in [6.45, 7) is 2.35. The molecule has 2 aromatic rings. The monoisotopic (exact) mass is 412 g/mol. The van der Waals surface area contributed by atoms with Crippen LogP contribution in [-0.4, -0.2) is 66.4 Å². The third kappa shape index (κ3) is 7.20. The Hall–Kier alpha value is -3.42. The zero-order chi connectivity index (χ0) is 21.6. The van der Waals surface area contributed by atoms with E-state index in [4.69, 9.17) is 9.47 Å². The molecule has 2 rings (SSSR count). The van der Waals surface area contributed by atoms with Gasteiger partial charge in [0.1, 0.15) is 24.7 Å². The molecule has 162 valence electrons. The molecule has 0 atom stereocenters. The van der Waals surface area contributed by atoms with Gasteiger partial charge in [-0.1, -0.05) is 30.3 Å². The van der Waals surface area contributed by atoms with Crippen molar-refractivity contribution in [3.63, 3.8) is 0 Å². The summed E-state index contributed by atoms with van der Waals surface area (Å²) in [6.07, 6.45) is 0. The van der Waals surface area contributed by atoms with E-state index in [9.17, 15) is 0 Å². The minimum absolute atomic E-state index is 0.520. The van der Waals surface area contributed by atoms with E-state index >= 15 is 0 Å². The molecule has 0 radical (unpaired) electrons. The summed E-state index contributed by atoms with van der Waals surface area (Å²) in [5, 5.41) is 12.3. The lowest BCUT2D eigenvalue weighted by Gasteiger charge is -2.14. The van der Waals surface area contributed by atoms with Crippen LogP contribution in [0.5, 0.6) is 11.5 Å². The lowest BCUT2D eigenvalue weighted by Crippen LogP contribution is -2.37. The summed E-state index contributed by atoms with van der Waals surface area (Å²) in [4.78, 5) is 8.16. The van der Waals surface area contributed by atoms with Crippen molar-refractivity contribution in [3.05, 3.63) is 48.5 Å². The number of ether oxygens (including phenoxy) is 2. The van der Waals surface area contributed by atoms with E-state index in [1.54, 1.807) is 14.1 Å². The highest BCUT2D eigenvalue weighted by Crippen LogP contribution is 2.31. The Morgan fingerprint density at radius 3 is 2.07 bits per heavy atom. The van der Waals surface area contributed by atoms with Crippen LogP contribution in [0.2, 0.25) is 0 Å². The first-order valence-electron chi connectivity index (χ1n) is 9.93. The van der Waals surface area contributed by atoms with Crippen LogP contribution < -0.4 is 30.7 Å². The standard InChI is InChI=1S/C22H32N6O2/c1-23-21(24-2)27-12-14-29-18-9-7-8-17(16-18)19-10-5-6-11-20(19)30-15-13-28-22(25-3)26-4/h5-11,16H,12-15H2,1-4H3,(H2,23,24,27)(H2,25,26,28). The van der Waals surface area contributed by atoms with Gasteiger partial charge in [-0.25, -0.2) is 0 Å². The highest BCUT2D eigenvalue weighted by molar-refractivity contribution is 5.79. The fraction of sp³-hybridized carbons (Fsp3) is 0.364. The smallest absolute Gasteiger partial charge is 0.190 e. The van der Waals surface area contributed by atoms with E-state index in [-0.39, 0.29) is 0 Å². The molecule has 0 spiro atoms. The van der Waals surface area contributed by atoms with Gasteiger partial charge in [-0.15, -0.1) is 0 Å². The third-order valence-electron chi connectivity index (χ3n) is 4.27. The van der Waals surface area contributed by atoms with E-state index in [1.165, 1.54) is 0 Å². The second-order valence-electron chi connectivity index (χ2n) is 6.22. The molecule has 8 heteroatoms. The average Bonchev–Trinajstić information content (AvgIpc) is 2.80. The van der Waals surface area contributed by atoms with Crippen molar-refractivity contribution in [2.75, 3.05) is 54.5 Å². The number of nitrogens with zero attached hydrogens (tertiary/aromatic N) is 2. The Morgan fingerprint density at radius 1 is 0.800 bits per heavy atom. The van der Waals surface area contributed by atoms with Crippen LogP contribution in [0.1, 0.15) is 0 Å². The maximum absolute atomic E-state index is 6.00. The van der Waals surface area contributed by atoms with Gasteiger partial charge in [0.25, 0.3) is 0 Å². The van der Waals surface area contributed by atoms with Crippen LogP contribution in [-0.2, 0) is 0 Å². The minimum Gasteiger partial charge on any atom is -0.492 e. The van der Waals surface area contributed by atoms with Crippen molar-refractivity contribution in [1.82, 2.24) is 21.3 Å². The van der Waals surface area contributed by atoms with E-state index < -0.39 is 0 Å². The SMILES string of the molecule is CN=C(NC)NCCOc1cccc(-c2ccccc2OCCNC(=NC)NC)c1. The van der Waals surface area contributed by atoms with E-state index in [1.807, 2.05) is 56.6 Å². The number of hydrogen-bond donors (Lipinski definition) is 4. The molecule has 0 aromatic heterocycles. The normalized spacial score (nSPS) is 11.6. The Balaban J connectivity index is 1.96. The molecule has 30 heavy (non-hydrogen) atoms. The van der Waals surface area contributed by atoms with Gasteiger partial charge in [-0.2, -0.15) is 0 Å². The van der Waals surface area contributed by atoms with Crippen molar-refractivity contribution in [2.45, 2.75) is 0 Å². The molecular weight excluding hydrogens is 380 g/mol. The number of rotatable bonds is 9. The molecule has 2 aromatic carbocycles. The van der Waals surface area contributed by atoms with E-state index in [0.717, 1.165) is 34.5 Å². The number of para-hydroxylation sites is 1. The quantitative estimate of drug-likeness (QED) is 0.285. The van der Waals surface area contributed by atoms with Crippen molar-refractivity contribution in [3.8, 4) is 22.6 Å². The second kappa shape index (κ2) is 12.9.